The van der Waals surface area contributed by atoms with E-state index in [9.17, 15) is 14.3 Å². The van der Waals surface area contributed by atoms with Crippen molar-refractivity contribution < 1.29 is 14.3 Å². The summed E-state index contributed by atoms with van der Waals surface area (Å²) < 4.78 is 15.2. The highest BCUT2D eigenvalue weighted by Gasteiger charge is 2.15. The molecule has 1 aromatic carbocycles. The van der Waals surface area contributed by atoms with E-state index in [1.807, 2.05) is 0 Å². The number of aromatic carboxylic acids is 1. The van der Waals surface area contributed by atoms with Crippen molar-refractivity contribution in [1.29, 1.82) is 0 Å². The molecule has 0 bridgehead atoms. The predicted octanol–water partition coefficient (Wildman–Crippen LogP) is 3.44. The van der Waals surface area contributed by atoms with Crippen LogP contribution in [0, 0.1) is 5.82 Å². The third-order valence-electron chi connectivity index (χ3n) is 3.24. The fourth-order valence-electron chi connectivity index (χ4n) is 2.22. The quantitative estimate of drug-likeness (QED) is 0.773. The number of hydrogen-bond acceptors (Lipinski definition) is 3. The molecular formula is C15H11ClFN3O2. The summed E-state index contributed by atoms with van der Waals surface area (Å²) in [6.45, 7) is 0.118. The van der Waals surface area contributed by atoms with Crippen molar-refractivity contribution in [3.8, 4) is 0 Å². The largest absolute Gasteiger partial charge is 0.476 e. The van der Waals surface area contributed by atoms with Crippen LogP contribution >= 0.6 is 11.6 Å². The standard InChI is InChI=1S/C15H11ClFN3O2/c16-10-1-2-11(17)9(7-10)8-19-12-3-4-13-18-5-6-20(13)14(12)15(21)22/h1-7,19H,8H2,(H,21,22). The van der Waals surface area contributed by atoms with Crippen LogP contribution in [0.2, 0.25) is 5.02 Å². The molecule has 0 atom stereocenters. The zero-order valence-electron chi connectivity index (χ0n) is 11.3. The molecule has 0 saturated carbocycles. The van der Waals surface area contributed by atoms with Gasteiger partial charge in [0.1, 0.15) is 11.5 Å². The van der Waals surface area contributed by atoms with Crippen molar-refractivity contribution in [2.24, 2.45) is 0 Å². The van der Waals surface area contributed by atoms with Gasteiger partial charge in [-0.1, -0.05) is 11.6 Å². The molecule has 0 fully saturated rings. The molecule has 0 saturated heterocycles. The zero-order valence-corrected chi connectivity index (χ0v) is 12.0. The number of nitrogens with one attached hydrogen (secondary N) is 1. The normalized spacial score (nSPS) is 10.8. The Kier molecular flexibility index (Phi) is 3.68. The molecule has 22 heavy (non-hydrogen) atoms. The number of rotatable bonds is 4. The molecule has 0 unspecified atom stereocenters. The number of nitrogens with zero attached hydrogens (tertiary/aromatic N) is 2. The fraction of sp³-hybridized carbons (Fsp3) is 0.0667. The summed E-state index contributed by atoms with van der Waals surface area (Å²) in [6.07, 6.45) is 3.08. The first-order valence-corrected chi connectivity index (χ1v) is 6.81. The minimum absolute atomic E-state index is 0.0393. The summed E-state index contributed by atoms with van der Waals surface area (Å²) in [7, 11) is 0. The van der Waals surface area contributed by atoms with Gasteiger partial charge in [0.2, 0.25) is 0 Å². The van der Waals surface area contributed by atoms with Gasteiger partial charge >= 0.3 is 5.97 Å². The highest BCUT2D eigenvalue weighted by atomic mass is 35.5. The van der Waals surface area contributed by atoms with Gasteiger partial charge in [-0.05, 0) is 30.3 Å². The number of benzene rings is 1. The molecular weight excluding hydrogens is 309 g/mol. The second-order valence-electron chi connectivity index (χ2n) is 4.65. The van der Waals surface area contributed by atoms with E-state index in [4.69, 9.17) is 11.6 Å². The highest BCUT2D eigenvalue weighted by Crippen LogP contribution is 2.21. The molecule has 2 N–H and O–H groups in total. The lowest BCUT2D eigenvalue weighted by Crippen LogP contribution is -2.11. The number of hydrogen-bond donors (Lipinski definition) is 2. The van der Waals surface area contributed by atoms with E-state index in [0.29, 0.717) is 21.9 Å². The van der Waals surface area contributed by atoms with Gasteiger partial charge < -0.3 is 10.4 Å². The predicted molar refractivity (Wildman–Crippen MR) is 80.9 cm³/mol. The van der Waals surface area contributed by atoms with Gasteiger partial charge in [-0.25, -0.2) is 14.2 Å². The molecule has 2 aromatic heterocycles. The fourth-order valence-corrected chi connectivity index (χ4v) is 2.42. The van der Waals surface area contributed by atoms with Gasteiger partial charge in [-0.2, -0.15) is 0 Å². The number of imidazole rings is 1. The minimum atomic E-state index is -1.10. The Morgan fingerprint density at radius 3 is 2.95 bits per heavy atom. The molecule has 5 nitrogen and oxygen atoms in total. The Morgan fingerprint density at radius 2 is 2.18 bits per heavy atom. The molecule has 112 valence electrons. The van der Waals surface area contributed by atoms with Crippen LogP contribution < -0.4 is 5.32 Å². The van der Waals surface area contributed by atoms with Gasteiger partial charge in [0.05, 0.1) is 5.69 Å². The average Bonchev–Trinajstić information content (AvgIpc) is 2.95. The summed E-state index contributed by atoms with van der Waals surface area (Å²) in [5.74, 6) is -1.50. The van der Waals surface area contributed by atoms with Crippen molar-refractivity contribution in [1.82, 2.24) is 9.38 Å². The Labute approximate surface area is 130 Å². The molecule has 2 heterocycles. The number of fused-ring (bicyclic) bond motifs is 1. The topological polar surface area (TPSA) is 66.6 Å². The van der Waals surface area contributed by atoms with Crippen LogP contribution in [0.1, 0.15) is 16.1 Å². The van der Waals surface area contributed by atoms with Gasteiger partial charge in [-0.3, -0.25) is 4.40 Å². The minimum Gasteiger partial charge on any atom is -0.476 e. The third-order valence-corrected chi connectivity index (χ3v) is 3.48. The summed E-state index contributed by atoms with van der Waals surface area (Å²) in [5.41, 5.74) is 1.29. The first-order valence-electron chi connectivity index (χ1n) is 6.43. The second-order valence-corrected chi connectivity index (χ2v) is 5.08. The van der Waals surface area contributed by atoms with Crippen molar-refractivity contribution in [2.75, 3.05) is 5.32 Å². The molecule has 3 rings (SSSR count). The Balaban J connectivity index is 1.95. The van der Waals surface area contributed by atoms with Gasteiger partial charge in [0, 0.05) is 29.5 Å². The van der Waals surface area contributed by atoms with Crippen LogP contribution in [0.4, 0.5) is 10.1 Å². The van der Waals surface area contributed by atoms with E-state index in [1.54, 1.807) is 18.3 Å². The van der Waals surface area contributed by atoms with Crippen LogP contribution in [0.3, 0.4) is 0 Å². The monoisotopic (exact) mass is 319 g/mol. The number of pyridine rings is 1. The van der Waals surface area contributed by atoms with Gasteiger partial charge in [-0.15, -0.1) is 0 Å². The summed E-state index contributed by atoms with van der Waals surface area (Å²) >= 11 is 5.84. The van der Waals surface area contributed by atoms with E-state index >= 15 is 0 Å². The Morgan fingerprint density at radius 1 is 1.36 bits per heavy atom. The van der Waals surface area contributed by atoms with Crippen LogP contribution in [0.15, 0.2) is 42.7 Å². The maximum absolute atomic E-state index is 13.7. The lowest BCUT2D eigenvalue weighted by atomic mass is 10.2. The maximum atomic E-state index is 13.7. The van der Waals surface area contributed by atoms with E-state index in [2.05, 4.69) is 10.3 Å². The Bertz CT molecular complexity index is 863. The number of carboxylic acid groups (broad SMARTS) is 1. The van der Waals surface area contributed by atoms with Crippen LogP contribution in [-0.2, 0) is 6.54 Å². The smallest absolute Gasteiger partial charge is 0.355 e. The van der Waals surface area contributed by atoms with Crippen LogP contribution in [0.5, 0.6) is 0 Å². The van der Waals surface area contributed by atoms with Crippen molar-refractivity contribution in [3.05, 3.63) is 64.8 Å². The van der Waals surface area contributed by atoms with E-state index in [0.717, 1.165) is 0 Å². The molecule has 0 radical (unpaired) electrons. The van der Waals surface area contributed by atoms with E-state index in [1.165, 1.54) is 28.8 Å². The number of aromatic nitrogens is 2. The first-order chi connectivity index (χ1) is 10.6. The van der Waals surface area contributed by atoms with Gasteiger partial charge in [0.25, 0.3) is 0 Å². The molecule has 3 aromatic rings. The highest BCUT2D eigenvalue weighted by molar-refractivity contribution is 6.30. The summed E-state index contributed by atoms with van der Waals surface area (Å²) in [6, 6.07) is 7.52. The number of carbonyl (C=O) groups is 1. The van der Waals surface area contributed by atoms with Crippen molar-refractivity contribution >= 4 is 28.9 Å². The molecule has 0 aliphatic heterocycles. The van der Waals surface area contributed by atoms with Crippen molar-refractivity contribution in [3.63, 3.8) is 0 Å². The Hall–Kier alpha value is -2.60. The first kappa shape index (κ1) is 14.3. The lowest BCUT2D eigenvalue weighted by Gasteiger charge is -2.12. The van der Waals surface area contributed by atoms with Gasteiger partial charge in [0.15, 0.2) is 5.69 Å². The second kappa shape index (κ2) is 5.65. The van der Waals surface area contributed by atoms with Crippen molar-refractivity contribution in [2.45, 2.75) is 6.54 Å². The number of anilines is 1. The van der Waals surface area contributed by atoms with Crippen LogP contribution in [-0.4, -0.2) is 20.5 Å². The molecule has 0 aliphatic carbocycles. The van der Waals surface area contributed by atoms with E-state index in [-0.39, 0.29) is 12.2 Å². The SMILES string of the molecule is O=C(O)c1c(NCc2cc(Cl)ccc2F)ccc2nccn12. The maximum Gasteiger partial charge on any atom is 0.355 e. The summed E-state index contributed by atoms with van der Waals surface area (Å²) in [5, 5.41) is 12.7. The molecule has 0 aliphatic rings. The molecule has 0 spiro atoms. The summed E-state index contributed by atoms with van der Waals surface area (Å²) in [4.78, 5) is 15.5. The average molecular weight is 320 g/mol. The molecule has 0 amide bonds. The molecule has 7 heteroatoms. The number of carboxylic acids is 1. The third kappa shape index (κ3) is 2.60. The van der Waals surface area contributed by atoms with E-state index < -0.39 is 11.8 Å². The van der Waals surface area contributed by atoms with Crippen LogP contribution in [0.25, 0.3) is 5.65 Å². The zero-order chi connectivity index (χ0) is 15.7. The number of halogens is 2. The lowest BCUT2D eigenvalue weighted by molar-refractivity contribution is 0.0690.